The Bertz CT molecular complexity index is 510. The van der Waals surface area contributed by atoms with Gasteiger partial charge in [-0.05, 0) is 24.0 Å². The molecule has 106 valence electrons. The summed E-state index contributed by atoms with van der Waals surface area (Å²) >= 11 is 0. The van der Waals surface area contributed by atoms with Crippen molar-refractivity contribution in [3.8, 4) is 0 Å². The second-order valence-electron chi connectivity index (χ2n) is 4.81. The summed E-state index contributed by atoms with van der Waals surface area (Å²) in [7, 11) is -3.35. The number of piperidine rings is 1. The van der Waals surface area contributed by atoms with E-state index < -0.39 is 10.2 Å². The molecular weight excluding hydrogens is 262 g/mol. The van der Waals surface area contributed by atoms with Gasteiger partial charge < -0.3 is 5.73 Å². The van der Waals surface area contributed by atoms with Crippen LogP contribution < -0.4 is 10.5 Å². The number of nitrogens with zero attached hydrogens (tertiary/aromatic N) is 1. The minimum Gasteiger partial charge on any atom is -0.326 e. The first-order chi connectivity index (χ1) is 9.12. The van der Waals surface area contributed by atoms with Gasteiger partial charge in [0, 0.05) is 26.2 Å². The van der Waals surface area contributed by atoms with E-state index in [-0.39, 0.29) is 0 Å². The van der Waals surface area contributed by atoms with Crippen LogP contribution in [0.4, 0.5) is 0 Å². The van der Waals surface area contributed by atoms with Gasteiger partial charge in [0.05, 0.1) is 0 Å². The molecule has 0 atom stereocenters. The molecule has 0 amide bonds. The molecule has 3 N–H and O–H groups in total. The molecule has 19 heavy (non-hydrogen) atoms. The Morgan fingerprint density at radius 1 is 1.16 bits per heavy atom. The van der Waals surface area contributed by atoms with Gasteiger partial charge in [0.1, 0.15) is 0 Å². The van der Waals surface area contributed by atoms with Gasteiger partial charge in [-0.25, -0.2) is 0 Å². The van der Waals surface area contributed by atoms with E-state index in [9.17, 15) is 8.42 Å². The zero-order valence-corrected chi connectivity index (χ0v) is 11.8. The first kappa shape index (κ1) is 14.5. The second-order valence-corrected chi connectivity index (χ2v) is 6.57. The summed E-state index contributed by atoms with van der Waals surface area (Å²) in [6.45, 7) is 2.02. The molecule has 0 spiro atoms. The van der Waals surface area contributed by atoms with Crippen LogP contribution in [0.15, 0.2) is 24.3 Å². The van der Waals surface area contributed by atoms with E-state index in [1.54, 1.807) is 0 Å². The highest BCUT2D eigenvalue weighted by atomic mass is 32.2. The highest BCUT2D eigenvalue weighted by Gasteiger charge is 2.23. The van der Waals surface area contributed by atoms with Crippen molar-refractivity contribution in [1.29, 1.82) is 0 Å². The van der Waals surface area contributed by atoms with E-state index in [4.69, 9.17) is 5.73 Å². The van der Waals surface area contributed by atoms with E-state index in [1.165, 1.54) is 4.31 Å². The van der Waals surface area contributed by atoms with E-state index in [1.807, 2.05) is 24.3 Å². The predicted octanol–water partition coefficient (Wildman–Crippen LogP) is 0.966. The molecule has 0 aromatic heterocycles. The van der Waals surface area contributed by atoms with Gasteiger partial charge in [0.2, 0.25) is 0 Å². The smallest absolute Gasteiger partial charge is 0.279 e. The second kappa shape index (κ2) is 6.47. The van der Waals surface area contributed by atoms with E-state index in [0.29, 0.717) is 26.2 Å². The van der Waals surface area contributed by atoms with Crippen molar-refractivity contribution in [3.63, 3.8) is 0 Å². The molecule has 1 aromatic rings. The highest BCUT2D eigenvalue weighted by Crippen LogP contribution is 2.12. The Morgan fingerprint density at radius 3 is 2.53 bits per heavy atom. The Labute approximate surface area is 115 Å². The summed E-state index contributed by atoms with van der Waals surface area (Å²) in [6.07, 6.45) is 3.01. The van der Waals surface area contributed by atoms with E-state index in [0.717, 1.165) is 30.4 Å². The molecule has 1 aliphatic heterocycles. The molecule has 0 saturated carbocycles. The van der Waals surface area contributed by atoms with Gasteiger partial charge in [-0.3, -0.25) is 0 Å². The summed E-state index contributed by atoms with van der Waals surface area (Å²) in [5, 5.41) is 0. The summed E-state index contributed by atoms with van der Waals surface area (Å²) < 4.78 is 28.4. The molecule has 0 unspecified atom stereocenters. The van der Waals surface area contributed by atoms with Gasteiger partial charge in [-0.2, -0.15) is 17.4 Å². The van der Waals surface area contributed by atoms with Crippen LogP contribution in [0, 0.1) is 0 Å². The van der Waals surface area contributed by atoms with Crippen molar-refractivity contribution in [2.75, 3.05) is 13.1 Å². The van der Waals surface area contributed by atoms with Gasteiger partial charge >= 0.3 is 0 Å². The molecule has 5 nitrogen and oxygen atoms in total. The molecule has 0 bridgehead atoms. The standard InChI is InChI=1S/C13H21N3O2S/c14-10-12-5-4-6-13(9-12)11-15-19(17,18)16-7-2-1-3-8-16/h4-6,9,15H,1-3,7-8,10-11,14H2. The number of rotatable bonds is 5. The van der Waals surface area contributed by atoms with E-state index in [2.05, 4.69) is 4.72 Å². The SMILES string of the molecule is NCc1cccc(CNS(=O)(=O)N2CCCCC2)c1. The maximum Gasteiger partial charge on any atom is 0.279 e. The molecular formula is C13H21N3O2S. The van der Waals surface area contributed by atoms with Crippen molar-refractivity contribution in [2.24, 2.45) is 5.73 Å². The molecule has 6 heteroatoms. The first-order valence-electron chi connectivity index (χ1n) is 6.64. The van der Waals surface area contributed by atoms with Gasteiger partial charge in [-0.15, -0.1) is 0 Å². The number of nitrogens with one attached hydrogen (secondary N) is 1. The average molecular weight is 283 g/mol. The lowest BCUT2D eigenvalue weighted by Gasteiger charge is -2.25. The third kappa shape index (κ3) is 4.01. The van der Waals surface area contributed by atoms with Crippen molar-refractivity contribution in [1.82, 2.24) is 9.03 Å². The van der Waals surface area contributed by atoms with Crippen LogP contribution in [0.25, 0.3) is 0 Å². The normalized spacial score (nSPS) is 17.5. The van der Waals surface area contributed by atoms with Crippen LogP contribution in [0.3, 0.4) is 0 Å². The third-order valence-electron chi connectivity index (χ3n) is 3.34. The summed E-state index contributed by atoms with van der Waals surface area (Å²) in [5.41, 5.74) is 7.51. The molecule has 1 aliphatic rings. The number of benzene rings is 1. The lowest BCUT2D eigenvalue weighted by Crippen LogP contribution is -2.43. The van der Waals surface area contributed by atoms with Gasteiger partial charge in [-0.1, -0.05) is 30.7 Å². The van der Waals surface area contributed by atoms with Crippen molar-refractivity contribution in [2.45, 2.75) is 32.4 Å². The molecule has 1 heterocycles. The summed E-state index contributed by atoms with van der Waals surface area (Å²) in [4.78, 5) is 0. The fourth-order valence-corrected chi connectivity index (χ4v) is 3.51. The molecule has 0 radical (unpaired) electrons. The lowest BCUT2D eigenvalue weighted by atomic mass is 10.1. The van der Waals surface area contributed by atoms with Crippen LogP contribution >= 0.6 is 0 Å². The minimum absolute atomic E-state index is 0.312. The number of hydrogen-bond donors (Lipinski definition) is 2. The van der Waals surface area contributed by atoms with Crippen LogP contribution in [0.1, 0.15) is 30.4 Å². The Hall–Kier alpha value is -0.950. The quantitative estimate of drug-likeness (QED) is 0.845. The zero-order chi connectivity index (χ0) is 13.7. The number of hydrogen-bond acceptors (Lipinski definition) is 3. The van der Waals surface area contributed by atoms with Crippen LogP contribution in [-0.4, -0.2) is 25.8 Å². The first-order valence-corrected chi connectivity index (χ1v) is 8.08. The van der Waals surface area contributed by atoms with Crippen molar-refractivity contribution in [3.05, 3.63) is 35.4 Å². The van der Waals surface area contributed by atoms with Crippen molar-refractivity contribution >= 4 is 10.2 Å². The Balaban J connectivity index is 1.96. The molecule has 1 aromatic carbocycles. The molecule has 0 aliphatic carbocycles. The predicted molar refractivity (Wildman–Crippen MR) is 75.5 cm³/mol. The Morgan fingerprint density at radius 2 is 1.84 bits per heavy atom. The Kier molecular flexibility index (Phi) is 4.93. The summed E-state index contributed by atoms with van der Waals surface area (Å²) in [6, 6.07) is 7.66. The van der Waals surface area contributed by atoms with Crippen molar-refractivity contribution < 1.29 is 8.42 Å². The van der Waals surface area contributed by atoms with Gasteiger partial charge in [0.15, 0.2) is 0 Å². The fourth-order valence-electron chi connectivity index (χ4n) is 2.24. The summed E-state index contributed by atoms with van der Waals surface area (Å²) in [5.74, 6) is 0. The van der Waals surface area contributed by atoms with Crippen LogP contribution in [0.2, 0.25) is 0 Å². The van der Waals surface area contributed by atoms with Gasteiger partial charge in [0.25, 0.3) is 10.2 Å². The van der Waals surface area contributed by atoms with Crippen LogP contribution in [-0.2, 0) is 23.3 Å². The average Bonchev–Trinajstić information content (AvgIpc) is 2.46. The lowest BCUT2D eigenvalue weighted by molar-refractivity contribution is 0.341. The highest BCUT2D eigenvalue weighted by molar-refractivity contribution is 7.87. The molecule has 1 fully saturated rings. The maximum atomic E-state index is 12.1. The third-order valence-corrected chi connectivity index (χ3v) is 4.89. The maximum absolute atomic E-state index is 12.1. The molecule has 1 saturated heterocycles. The topological polar surface area (TPSA) is 75.4 Å². The largest absolute Gasteiger partial charge is 0.326 e. The van der Waals surface area contributed by atoms with Crippen LogP contribution in [0.5, 0.6) is 0 Å². The monoisotopic (exact) mass is 283 g/mol. The van der Waals surface area contributed by atoms with E-state index >= 15 is 0 Å². The zero-order valence-electron chi connectivity index (χ0n) is 11.0. The molecule has 2 rings (SSSR count). The fraction of sp³-hybridized carbons (Fsp3) is 0.538. The number of nitrogens with two attached hydrogens (primary N) is 1. The minimum atomic E-state index is -3.35.